The predicted octanol–water partition coefficient (Wildman–Crippen LogP) is 2.21. The molecule has 0 spiro atoms. The quantitative estimate of drug-likeness (QED) is 0.809. The van der Waals surface area contributed by atoms with Crippen molar-refractivity contribution in [2.75, 3.05) is 7.11 Å². The number of hydrogen-bond acceptors (Lipinski definition) is 6. The summed E-state index contributed by atoms with van der Waals surface area (Å²) in [5, 5.41) is 0.0468. The van der Waals surface area contributed by atoms with Crippen LogP contribution in [-0.2, 0) is 20.3 Å². The lowest BCUT2D eigenvalue weighted by Gasteiger charge is -2.02. The van der Waals surface area contributed by atoms with Gasteiger partial charge in [-0.1, -0.05) is 0 Å². The SMILES string of the molecule is COC(=O)c1ccc(CS(=O)(=O)c2cc(C)ccn2)s1. The first-order chi connectivity index (χ1) is 9.42. The molecule has 0 N–H and O–H groups in total. The number of esters is 1. The molecule has 0 saturated carbocycles. The Labute approximate surface area is 121 Å². The molecule has 0 unspecified atom stereocenters. The van der Waals surface area contributed by atoms with Crippen LogP contribution in [0.25, 0.3) is 0 Å². The van der Waals surface area contributed by atoms with Gasteiger partial charge in [0, 0.05) is 11.1 Å². The predicted molar refractivity (Wildman–Crippen MR) is 75.5 cm³/mol. The van der Waals surface area contributed by atoms with Crippen molar-refractivity contribution in [1.82, 2.24) is 4.98 Å². The third kappa shape index (κ3) is 3.23. The fourth-order valence-corrected chi connectivity index (χ4v) is 4.23. The molecule has 2 aromatic rings. The van der Waals surface area contributed by atoms with E-state index < -0.39 is 15.8 Å². The smallest absolute Gasteiger partial charge is 0.348 e. The van der Waals surface area contributed by atoms with Gasteiger partial charge in [-0.15, -0.1) is 11.3 Å². The Bertz CT molecular complexity index is 734. The van der Waals surface area contributed by atoms with Gasteiger partial charge < -0.3 is 4.74 Å². The van der Waals surface area contributed by atoms with Crippen LogP contribution in [-0.4, -0.2) is 26.5 Å². The van der Waals surface area contributed by atoms with Crippen LogP contribution in [0.15, 0.2) is 35.5 Å². The van der Waals surface area contributed by atoms with Gasteiger partial charge in [-0.05, 0) is 36.8 Å². The van der Waals surface area contributed by atoms with E-state index in [-0.39, 0.29) is 10.8 Å². The maximum atomic E-state index is 12.2. The number of sulfone groups is 1. The summed E-state index contributed by atoms with van der Waals surface area (Å²) in [6.07, 6.45) is 1.47. The highest BCUT2D eigenvalue weighted by atomic mass is 32.2. The Kier molecular flexibility index (Phi) is 4.20. The molecule has 0 aliphatic heterocycles. The molecule has 106 valence electrons. The molecule has 0 bridgehead atoms. The van der Waals surface area contributed by atoms with Gasteiger partial charge in [0.2, 0.25) is 9.84 Å². The molecular formula is C13H13NO4S2. The van der Waals surface area contributed by atoms with E-state index in [0.717, 1.165) is 16.9 Å². The molecule has 0 saturated heterocycles. The van der Waals surface area contributed by atoms with Gasteiger partial charge in [0.1, 0.15) is 4.88 Å². The first-order valence-electron chi connectivity index (χ1n) is 5.75. The summed E-state index contributed by atoms with van der Waals surface area (Å²) < 4.78 is 29.1. The number of pyridine rings is 1. The Hall–Kier alpha value is -1.73. The van der Waals surface area contributed by atoms with Crippen LogP contribution >= 0.6 is 11.3 Å². The molecule has 0 aliphatic rings. The maximum absolute atomic E-state index is 12.2. The van der Waals surface area contributed by atoms with Crippen LogP contribution in [0.2, 0.25) is 0 Å². The molecule has 20 heavy (non-hydrogen) atoms. The number of hydrogen-bond donors (Lipinski definition) is 0. The summed E-state index contributed by atoms with van der Waals surface area (Å²) >= 11 is 1.11. The lowest BCUT2D eigenvalue weighted by Crippen LogP contribution is -2.06. The maximum Gasteiger partial charge on any atom is 0.348 e. The van der Waals surface area contributed by atoms with Crippen molar-refractivity contribution in [1.29, 1.82) is 0 Å². The molecule has 0 atom stereocenters. The Morgan fingerprint density at radius 3 is 2.75 bits per heavy atom. The fourth-order valence-electron chi connectivity index (χ4n) is 1.61. The lowest BCUT2D eigenvalue weighted by atomic mass is 10.3. The van der Waals surface area contributed by atoms with Crippen molar-refractivity contribution in [2.24, 2.45) is 0 Å². The molecule has 2 rings (SSSR count). The van der Waals surface area contributed by atoms with Gasteiger partial charge in [-0.25, -0.2) is 18.2 Å². The van der Waals surface area contributed by atoms with Crippen LogP contribution in [0, 0.1) is 6.92 Å². The molecule has 0 fully saturated rings. The van der Waals surface area contributed by atoms with Crippen LogP contribution < -0.4 is 0 Å². The van der Waals surface area contributed by atoms with Gasteiger partial charge in [0.05, 0.1) is 12.9 Å². The molecule has 7 heteroatoms. The summed E-state index contributed by atoms with van der Waals surface area (Å²) in [5.41, 5.74) is 0.833. The molecule has 5 nitrogen and oxygen atoms in total. The Balaban J connectivity index is 2.25. The molecule has 0 amide bonds. The molecule has 2 heterocycles. The zero-order valence-corrected chi connectivity index (χ0v) is 12.6. The van der Waals surface area contributed by atoms with Crippen molar-refractivity contribution in [3.63, 3.8) is 0 Å². The van der Waals surface area contributed by atoms with Crippen LogP contribution in [0.5, 0.6) is 0 Å². The summed E-state index contributed by atoms with van der Waals surface area (Å²) in [4.78, 5) is 16.2. The van der Waals surface area contributed by atoms with E-state index in [2.05, 4.69) is 9.72 Å². The van der Waals surface area contributed by atoms with Crippen molar-refractivity contribution in [3.05, 3.63) is 45.8 Å². The number of nitrogens with zero attached hydrogens (tertiary/aromatic N) is 1. The third-order valence-electron chi connectivity index (χ3n) is 2.59. The summed E-state index contributed by atoms with van der Waals surface area (Å²) in [6.45, 7) is 1.81. The normalized spacial score (nSPS) is 11.3. The molecule has 0 radical (unpaired) electrons. The fraction of sp³-hybridized carbons (Fsp3) is 0.231. The van der Waals surface area contributed by atoms with Crippen LogP contribution in [0.3, 0.4) is 0 Å². The highest BCUT2D eigenvalue weighted by Gasteiger charge is 2.19. The molecular weight excluding hydrogens is 298 g/mol. The van der Waals surface area contributed by atoms with E-state index in [0.29, 0.717) is 9.75 Å². The molecule has 0 aromatic carbocycles. The zero-order chi connectivity index (χ0) is 14.8. The van der Waals surface area contributed by atoms with E-state index in [4.69, 9.17) is 0 Å². The topological polar surface area (TPSA) is 73.3 Å². The number of carbonyl (C=O) groups excluding carboxylic acids is 1. The van der Waals surface area contributed by atoms with E-state index >= 15 is 0 Å². The van der Waals surface area contributed by atoms with E-state index in [1.165, 1.54) is 19.4 Å². The van der Waals surface area contributed by atoms with Crippen molar-refractivity contribution >= 4 is 27.1 Å². The Morgan fingerprint density at radius 2 is 2.10 bits per heavy atom. The standard InChI is InChI=1S/C13H13NO4S2/c1-9-5-6-14-12(7-9)20(16,17)8-10-3-4-11(19-10)13(15)18-2/h3-7H,8H2,1-2H3. The third-order valence-corrected chi connectivity index (χ3v) is 5.39. The van der Waals surface area contributed by atoms with E-state index in [1.54, 1.807) is 25.1 Å². The number of thiophene rings is 1. The number of aryl methyl sites for hydroxylation is 1. The van der Waals surface area contributed by atoms with Crippen molar-refractivity contribution < 1.29 is 17.9 Å². The van der Waals surface area contributed by atoms with E-state index in [1.807, 2.05) is 0 Å². The summed E-state index contributed by atoms with van der Waals surface area (Å²) in [6, 6.07) is 6.44. The molecule has 0 aliphatic carbocycles. The summed E-state index contributed by atoms with van der Waals surface area (Å²) in [5.74, 6) is -0.641. The minimum absolute atomic E-state index is 0.0468. The van der Waals surface area contributed by atoms with Gasteiger partial charge in [0.25, 0.3) is 0 Å². The monoisotopic (exact) mass is 311 g/mol. The molecule has 2 aromatic heterocycles. The van der Waals surface area contributed by atoms with Crippen LogP contribution in [0.1, 0.15) is 20.1 Å². The number of ether oxygens (including phenoxy) is 1. The van der Waals surface area contributed by atoms with Crippen LogP contribution in [0.4, 0.5) is 0 Å². The number of methoxy groups -OCH3 is 1. The van der Waals surface area contributed by atoms with Gasteiger partial charge in [-0.2, -0.15) is 0 Å². The highest BCUT2D eigenvalue weighted by molar-refractivity contribution is 7.90. The lowest BCUT2D eigenvalue weighted by molar-refractivity contribution is 0.0606. The number of rotatable bonds is 4. The van der Waals surface area contributed by atoms with Crippen molar-refractivity contribution in [3.8, 4) is 0 Å². The Morgan fingerprint density at radius 1 is 1.35 bits per heavy atom. The number of carbonyl (C=O) groups is 1. The van der Waals surface area contributed by atoms with Crippen molar-refractivity contribution in [2.45, 2.75) is 17.7 Å². The second-order valence-electron chi connectivity index (χ2n) is 4.19. The average Bonchev–Trinajstić information content (AvgIpc) is 2.85. The summed E-state index contributed by atoms with van der Waals surface area (Å²) in [7, 11) is -2.22. The van der Waals surface area contributed by atoms with Gasteiger partial charge in [0.15, 0.2) is 5.03 Å². The largest absolute Gasteiger partial charge is 0.465 e. The highest BCUT2D eigenvalue weighted by Crippen LogP contribution is 2.22. The average molecular weight is 311 g/mol. The minimum atomic E-state index is -3.51. The number of aromatic nitrogens is 1. The van der Waals surface area contributed by atoms with Gasteiger partial charge >= 0.3 is 5.97 Å². The first kappa shape index (κ1) is 14.7. The zero-order valence-electron chi connectivity index (χ0n) is 11.0. The second kappa shape index (κ2) is 5.72. The second-order valence-corrected chi connectivity index (χ2v) is 7.29. The van der Waals surface area contributed by atoms with Gasteiger partial charge in [-0.3, -0.25) is 0 Å². The minimum Gasteiger partial charge on any atom is -0.465 e. The van der Waals surface area contributed by atoms with E-state index in [9.17, 15) is 13.2 Å². The first-order valence-corrected chi connectivity index (χ1v) is 8.22.